The fourth-order valence-corrected chi connectivity index (χ4v) is 3.82. The molecule has 0 radical (unpaired) electrons. The van der Waals surface area contributed by atoms with Gasteiger partial charge < -0.3 is 14.4 Å². The number of cyclic esters (lactones) is 1. The third kappa shape index (κ3) is 3.84. The molecule has 4 rings (SSSR count). The molecule has 0 aromatic heterocycles. The van der Waals surface area contributed by atoms with Gasteiger partial charge in [-0.15, -0.1) is 0 Å². The summed E-state index contributed by atoms with van der Waals surface area (Å²) >= 11 is 0. The topological polar surface area (TPSA) is 42.0 Å². The van der Waals surface area contributed by atoms with Gasteiger partial charge in [0, 0.05) is 45.0 Å². The van der Waals surface area contributed by atoms with Crippen molar-refractivity contribution in [2.45, 2.75) is 31.7 Å². The first-order chi connectivity index (χ1) is 13.1. The van der Waals surface area contributed by atoms with E-state index in [-0.39, 0.29) is 18.3 Å². The van der Waals surface area contributed by atoms with Gasteiger partial charge in [-0.2, -0.15) is 0 Å². The van der Waals surface area contributed by atoms with E-state index < -0.39 is 0 Å². The maximum absolute atomic E-state index is 12.3. The van der Waals surface area contributed by atoms with Crippen LogP contribution >= 0.6 is 0 Å². The number of benzene rings is 2. The summed E-state index contributed by atoms with van der Waals surface area (Å²) in [6.07, 6.45) is 1.99. The van der Waals surface area contributed by atoms with Crippen LogP contribution in [0.4, 0.5) is 5.69 Å². The summed E-state index contributed by atoms with van der Waals surface area (Å²) in [6.45, 7) is 2.28. The molecule has 2 heterocycles. The minimum atomic E-state index is -0.355. The average Bonchev–Trinajstić information content (AvgIpc) is 3.30. The van der Waals surface area contributed by atoms with Gasteiger partial charge in [-0.25, -0.2) is 4.79 Å². The van der Waals surface area contributed by atoms with Gasteiger partial charge in [0.25, 0.3) is 0 Å². The predicted molar refractivity (Wildman–Crippen MR) is 105 cm³/mol. The molecule has 1 saturated heterocycles. The highest BCUT2D eigenvalue weighted by Crippen LogP contribution is 2.35. The van der Waals surface area contributed by atoms with E-state index >= 15 is 0 Å². The molecule has 0 spiro atoms. The Kier molecular flexibility index (Phi) is 5.14. The Balaban J connectivity index is 1.58. The molecule has 2 aliphatic rings. The summed E-state index contributed by atoms with van der Waals surface area (Å²) in [4.78, 5) is 16.6. The van der Waals surface area contributed by atoms with Crippen LogP contribution in [0.1, 0.15) is 40.6 Å². The van der Waals surface area contributed by atoms with Gasteiger partial charge in [0.15, 0.2) is 6.23 Å². The predicted octanol–water partition coefficient (Wildman–Crippen LogP) is 3.60. The maximum atomic E-state index is 12.3. The lowest BCUT2D eigenvalue weighted by Crippen LogP contribution is -2.35. The molecule has 0 bridgehead atoms. The fourth-order valence-electron chi connectivity index (χ4n) is 3.82. The Labute approximate surface area is 160 Å². The van der Waals surface area contributed by atoms with Crippen molar-refractivity contribution in [2.75, 3.05) is 32.1 Å². The van der Waals surface area contributed by atoms with Crippen LogP contribution in [0, 0.1) is 0 Å². The molecule has 2 aliphatic heterocycles. The molecule has 5 nitrogen and oxygen atoms in total. The van der Waals surface area contributed by atoms with Crippen molar-refractivity contribution in [2.24, 2.45) is 0 Å². The summed E-state index contributed by atoms with van der Waals surface area (Å²) in [5.74, 6) is -0.240. The lowest BCUT2D eigenvalue weighted by atomic mass is 10.1. The van der Waals surface area contributed by atoms with E-state index in [1.807, 2.05) is 38.4 Å². The number of ether oxygens (including phenoxy) is 2. The molecule has 1 fully saturated rings. The number of rotatable bonds is 6. The molecular formula is C22H26N2O3. The van der Waals surface area contributed by atoms with Crippen molar-refractivity contribution in [1.82, 2.24) is 4.90 Å². The molecule has 2 aromatic rings. The van der Waals surface area contributed by atoms with Crippen molar-refractivity contribution < 1.29 is 14.3 Å². The second-order valence-electron chi connectivity index (χ2n) is 7.47. The minimum absolute atomic E-state index is 0.192. The molecule has 2 atom stereocenters. The zero-order chi connectivity index (χ0) is 18.8. The molecular weight excluding hydrogens is 340 g/mol. The Bertz CT molecular complexity index is 797. The van der Waals surface area contributed by atoms with E-state index in [2.05, 4.69) is 34.1 Å². The summed E-state index contributed by atoms with van der Waals surface area (Å²) in [6, 6.07) is 16.2. The zero-order valence-electron chi connectivity index (χ0n) is 15.9. The molecule has 142 valence electrons. The van der Waals surface area contributed by atoms with Gasteiger partial charge >= 0.3 is 5.97 Å². The van der Waals surface area contributed by atoms with E-state index in [0.717, 1.165) is 31.6 Å². The lowest BCUT2D eigenvalue weighted by Gasteiger charge is -2.30. The molecule has 5 heteroatoms. The Morgan fingerprint density at radius 3 is 2.56 bits per heavy atom. The van der Waals surface area contributed by atoms with E-state index in [1.54, 1.807) is 0 Å². The standard InChI is InChI=1S/C22H26N2O3/c1-23(2)17-11-9-16(10-12-17)14-24(15-18-6-5-13-26-18)21-19-7-3-4-8-20(19)22(25)27-21/h3-4,7-12,18,21H,5-6,13-15H2,1-2H3. The maximum Gasteiger partial charge on any atom is 0.340 e. The third-order valence-electron chi connectivity index (χ3n) is 5.30. The number of fused-ring (bicyclic) bond motifs is 1. The third-order valence-corrected chi connectivity index (χ3v) is 5.30. The Hall–Kier alpha value is -2.37. The Morgan fingerprint density at radius 2 is 1.85 bits per heavy atom. The fraction of sp³-hybridized carbons (Fsp3) is 0.409. The number of carbonyl (C=O) groups excluding carboxylic acids is 1. The van der Waals surface area contributed by atoms with Gasteiger partial charge in [0.05, 0.1) is 11.7 Å². The highest BCUT2D eigenvalue weighted by atomic mass is 16.6. The van der Waals surface area contributed by atoms with E-state index in [1.165, 1.54) is 11.3 Å². The average molecular weight is 366 g/mol. The first-order valence-electron chi connectivity index (χ1n) is 9.53. The SMILES string of the molecule is CN(C)c1ccc(CN(CC2CCCO2)C2OC(=O)c3ccccc32)cc1. The largest absolute Gasteiger partial charge is 0.438 e. The number of esters is 1. The molecule has 2 unspecified atom stereocenters. The summed E-state index contributed by atoms with van der Waals surface area (Å²) in [5, 5.41) is 0. The van der Waals surface area contributed by atoms with Crippen molar-refractivity contribution in [3.8, 4) is 0 Å². The molecule has 27 heavy (non-hydrogen) atoms. The number of anilines is 1. The quantitative estimate of drug-likeness (QED) is 0.731. The molecule has 0 N–H and O–H groups in total. The summed E-state index contributed by atoms with van der Waals surface area (Å²) < 4.78 is 11.6. The van der Waals surface area contributed by atoms with Crippen LogP contribution in [0.3, 0.4) is 0 Å². The van der Waals surface area contributed by atoms with Gasteiger partial charge in [0.1, 0.15) is 0 Å². The van der Waals surface area contributed by atoms with Crippen molar-refractivity contribution >= 4 is 11.7 Å². The first kappa shape index (κ1) is 18.0. The van der Waals surface area contributed by atoms with Crippen molar-refractivity contribution in [3.63, 3.8) is 0 Å². The van der Waals surface area contributed by atoms with Gasteiger partial charge in [-0.3, -0.25) is 4.90 Å². The van der Waals surface area contributed by atoms with Gasteiger partial charge in [0.2, 0.25) is 0 Å². The summed E-state index contributed by atoms with van der Waals surface area (Å²) in [5.41, 5.74) is 3.98. The van der Waals surface area contributed by atoms with E-state index in [4.69, 9.17) is 9.47 Å². The second-order valence-corrected chi connectivity index (χ2v) is 7.47. The van der Waals surface area contributed by atoms with Crippen LogP contribution in [0.25, 0.3) is 0 Å². The molecule has 0 aliphatic carbocycles. The smallest absolute Gasteiger partial charge is 0.340 e. The molecule has 0 amide bonds. The number of hydrogen-bond acceptors (Lipinski definition) is 5. The Morgan fingerprint density at radius 1 is 1.07 bits per heavy atom. The van der Waals surface area contributed by atoms with Crippen LogP contribution in [-0.4, -0.2) is 44.2 Å². The van der Waals surface area contributed by atoms with Crippen LogP contribution < -0.4 is 4.90 Å². The van der Waals surface area contributed by atoms with Crippen molar-refractivity contribution in [3.05, 3.63) is 65.2 Å². The van der Waals surface area contributed by atoms with Crippen LogP contribution in [0.2, 0.25) is 0 Å². The highest BCUT2D eigenvalue weighted by molar-refractivity contribution is 5.93. The van der Waals surface area contributed by atoms with Crippen molar-refractivity contribution in [1.29, 1.82) is 0 Å². The monoisotopic (exact) mass is 366 g/mol. The van der Waals surface area contributed by atoms with Gasteiger partial charge in [-0.1, -0.05) is 30.3 Å². The van der Waals surface area contributed by atoms with E-state index in [9.17, 15) is 4.79 Å². The zero-order valence-corrected chi connectivity index (χ0v) is 15.9. The number of nitrogens with zero attached hydrogens (tertiary/aromatic N) is 2. The highest BCUT2D eigenvalue weighted by Gasteiger charge is 2.36. The van der Waals surface area contributed by atoms with Crippen LogP contribution in [0.5, 0.6) is 0 Å². The second kappa shape index (κ2) is 7.71. The lowest BCUT2D eigenvalue weighted by molar-refractivity contribution is -0.0467. The summed E-state index contributed by atoms with van der Waals surface area (Å²) in [7, 11) is 4.07. The van der Waals surface area contributed by atoms with Crippen LogP contribution in [0.15, 0.2) is 48.5 Å². The van der Waals surface area contributed by atoms with E-state index in [0.29, 0.717) is 12.1 Å². The first-order valence-corrected chi connectivity index (χ1v) is 9.53. The number of hydrogen-bond donors (Lipinski definition) is 0. The van der Waals surface area contributed by atoms with Gasteiger partial charge in [-0.05, 0) is 36.6 Å². The van der Waals surface area contributed by atoms with Crippen LogP contribution in [-0.2, 0) is 16.0 Å². The molecule has 0 saturated carbocycles. The number of carbonyl (C=O) groups is 1. The molecule has 2 aromatic carbocycles. The normalized spacial score (nSPS) is 21.4. The minimum Gasteiger partial charge on any atom is -0.438 e.